The van der Waals surface area contributed by atoms with E-state index in [0.29, 0.717) is 5.92 Å². The van der Waals surface area contributed by atoms with Crippen LogP contribution in [0.2, 0.25) is 0 Å². The molecule has 1 heterocycles. The highest BCUT2D eigenvalue weighted by Gasteiger charge is 2.07. The van der Waals surface area contributed by atoms with Crippen molar-refractivity contribution in [3.63, 3.8) is 0 Å². The van der Waals surface area contributed by atoms with Gasteiger partial charge in [-0.05, 0) is 19.4 Å². The number of rotatable bonds is 2. The zero-order valence-corrected chi connectivity index (χ0v) is 10.1. The van der Waals surface area contributed by atoms with Gasteiger partial charge in [0.15, 0.2) is 5.89 Å². The van der Waals surface area contributed by atoms with Crippen molar-refractivity contribution in [2.45, 2.75) is 47.5 Å². The fraction of sp³-hybridized carbons (Fsp3) is 0.583. The molecule has 0 aliphatic rings. The summed E-state index contributed by atoms with van der Waals surface area (Å²) >= 11 is 0. The maximum absolute atomic E-state index is 5.52. The summed E-state index contributed by atoms with van der Waals surface area (Å²) in [5.41, 5.74) is 1.13. The zero-order valence-electron chi connectivity index (χ0n) is 10.1. The zero-order chi connectivity index (χ0) is 11.1. The Balaban J connectivity index is 0.000000791. The van der Waals surface area contributed by atoms with Crippen LogP contribution < -0.4 is 0 Å². The standard InChI is InChI=1S/C10H15NO.C2H6/c1-5-8(4)9-6-11-10(12-9)7(2)3;1-2/h5-7H,1-4H3;1-2H3. The molecule has 0 atom stereocenters. The van der Waals surface area contributed by atoms with Gasteiger partial charge < -0.3 is 4.42 Å². The van der Waals surface area contributed by atoms with E-state index in [9.17, 15) is 0 Å². The minimum Gasteiger partial charge on any atom is -0.441 e. The van der Waals surface area contributed by atoms with Crippen LogP contribution in [0.4, 0.5) is 0 Å². The third-order valence-electron chi connectivity index (χ3n) is 1.84. The number of nitrogens with zero attached hydrogens (tertiary/aromatic N) is 1. The average Bonchev–Trinajstić information content (AvgIpc) is 2.68. The Morgan fingerprint density at radius 2 is 2.00 bits per heavy atom. The molecule has 0 amide bonds. The molecule has 0 aliphatic carbocycles. The molecule has 0 saturated heterocycles. The molecule has 0 unspecified atom stereocenters. The lowest BCUT2D eigenvalue weighted by atomic mass is 10.2. The maximum atomic E-state index is 5.52. The van der Waals surface area contributed by atoms with Crippen molar-refractivity contribution in [3.8, 4) is 0 Å². The molecular weight excluding hydrogens is 174 g/mol. The predicted octanol–water partition coefficient (Wildman–Crippen LogP) is 4.25. The third kappa shape index (κ3) is 3.36. The van der Waals surface area contributed by atoms with E-state index in [2.05, 4.69) is 18.8 Å². The SMILES string of the molecule is CC.CC=C(C)c1cnc(C(C)C)o1. The Kier molecular flexibility index (Phi) is 5.93. The van der Waals surface area contributed by atoms with Crippen LogP contribution in [0.5, 0.6) is 0 Å². The lowest BCUT2D eigenvalue weighted by Crippen LogP contribution is -1.84. The number of allylic oxidation sites excluding steroid dienone is 2. The summed E-state index contributed by atoms with van der Waals surface area (Å²) < 4.78 is 5.52. The minimum atomic E-state index is 0.364. The molecule has 0 aromatic carbocycles. The lowest BCUT2D eigenvalue weighted by molar-refractivity contribution is 0.462. The van der Waals surface area contributed by atoms with Crippen molar-refractivity contribution in [2.24, 2.45) is 0 Å². The van der Waals surface area contributed by atoms with Crippen molar-refractivity contribution in [1.29, 1.82) is 0 Å². The lowest BCUT2D eigenvalue weighted by Gasteiger charge is -1.96. The molecule has 80 valence electrons. The van der Waals surface area contributed by atoms with Gasteiger partial charge in [0.1, 0.15) is 5.76 Å². The van der Waals surface area contributed by atoms with Crippen LogP contribution in [-0.4, -0.2) is 4.98 Å². The number of oxazole rings is 1. The van der Waals surface area contributed by atoms with E-state index < -0.39 is 0 Å². The highest BCUT2D eigenvalue weighted by atomic mass is 16.4. The Bertz CT molecular complexity index is 284. The van der Waals surface area contributed by atoms with Crippen LogP contribution in [0.25, 0.3) is 5.57 Å². The van der Waals surface area contributed by atoms with Crippen LogP contribution in [-0.2, 0) is 0 Å². The topological polar surface area (TPSA) is 26.0 Å². The Morgan fingerprint density at radius 3 is 2.36 bits per heavy atom. The van der Waals surface area contributed by atoms with Crippen LogP contribution in [0.3, 0.4) is 0 Å². The Morgan fingerprint density at radius 1 is 1.43 bits per heavy atom. The van der Waals surface area contributed by atoms with E-state index in [-0.39, 0.29) is 0 Å². The monoisotopic (exact) mass is 195 g/mol. The molecule has 0 N–H and O–H groups in total. The van der Waals surface area contributed by atoms with Crippen molar-refractivity contribution in [3.05, 3.63) is 23.9 Å². The molecule has 1 aromatic heterocycles. The molecule has 14 heavy (non-hydrogen) atoms. The summed E-state index contributed by atoms with van der Waals surface area (Å²) in [6.07, 6.45) is 3.80. The molecule has 0 spiro atoms. The first-order valence-corrected chi connectivity index (χ1v) is 5.24. The smallest absolute Gasteiger partial charge is 0.197 e. The first kappa shape index (κ1) is 12.9. The predicted molar refractivity (Wildman–Crippen MR) is 61.3 cm³/mol. The second-order valence-corrected chi connectivity index (χ2v) is 3.19. The molecule has 0 radical (unpaired) electrons. The van der Waals surface area contributed by atoms with Gasteiger partial charge in [-0.25, -0.2) is 4.98 Å². The van der Waals surface area contributed by atoms with Gasteiger partial charge in [-0.15, -0.1) is 0 Å². The average molecular weight is 195 g/mol. The molecule has 0 fully saturated rings. The quantitative estimate of drug-likeness (QED) is 0.705. The fourth-order valence-corrected chi connectivity index (χ4v) is 0.879. The Labute approximate surface area is 87.0 Å². The molecular formula is C12H21NO. The summed E-state index contributed by atoms with van der Waals surface area (Å²) in [4.78, 5) is 4.18. The van der Waals surface area contributed by atoms with Gasteiger partial charge in [0.25, 0.3) is 0 Å². The van der Waals surface area contributed by atoms with Gasteiger partial charge in [-0.2, -0.15) is 0 Å². The molecule has 2 heteroatoms. The largest absolute Gasteiger partial charge is 0.441 e. The Hall–Kier alpha value is -1.05. The molecule has 0 saturated carbocycles. The van der Waals surface area contributed by atoms with Crippen molar-refractivity contribution in [1.82, 2.24) is 4.98 Å². The summed E-state index contributed by atoms with van der Waals surface area (Å²) in [6, 6.07) is 0. The van der Waals surface area contributed by atoms with Crippen LogP contribution >= 0.6 is 0 Å². The summed E-state index contributed by atoms with van der Waals surface area (Å²) in [7, 11) is 0. The summed E-state index contributed by atoms with van der Waals surface area (Å²) in [5, 5.41) is 0. The van der Waals surface area contributed by atoms with Crippen LogP contribution in [0, 0.1) is 0 Å². The van der Waals surface area contributed by atoms with Gasteiger partial charge in [0, 0.05) is 5.92 Å². The molecule has 0 bridgehead atoms. The van der Waals surface area contributed by atoms with E-state index >= 15 is 0 Å². The normalized spacial score (nSPS) is 11.2. The molecule has 1 rings (SSSR count). The number of aromatic nitrogens is 1. The molecule has 0 aliphatic heterocycles. The van der Waals surface area contributed by atoms with E-state index in [1.807, 2.05) is 33.8 Å². The summed E-state index contributed by atoms with van der Waals surface area (Å²) in [6.45, 7) is 12.2. The number of hydrogen-bond donors (Lipinski definition) is 0. The highest BCUT2D eigenvalue weighted by Crippen LogP contribution is 2.19. The van der Waals surface area contributed by atoms with Gasteiger partial charge in [-0.3, -0.25) is 0 Å². The van der Waals surface area contributed by atoms with E-state index in [0.717, 1.165) is 17.2 Å². The van der Waals surface area contributed by atoms with Gasteiger partial charge in [0.05, 0.1) is 6.20 Å². The van der Waals surface area contributed by atoms with Gasteiger partial charge in [0.2, 0.25) is 0 Å². The van der Waals surface area contributed by atoms with E-state index in [1.165, 1.54) is 0 Å². The molecule has 2 nitrogen and oxygen atoms in total. The third-order valence-corrected chi connectivity index (χ3v) is 1.84. The van der Waals surface area contributed by atoms with Crippen molar-refractivity contribution < 1.29 is 4.42 Å². The van der Waals surface area contributed by atoms with Gasteiger partial charge in [-0.1, -0.05) is 33.8 Å². The highest BCUT2D eigenvalue weighted by molar-refractivity contribution is 5.57. The second-order valence-electron chi connectivity index (χ2n) is 3.19. The van der Waals surface area contributed by atoms with Gasteiger partial charge >= 0.3 is 0 Å². The summed E-state index contributed by atoms with van der Waals surface area (Å²) in [5.74, 6) is 2.05. The van der Waals surface area contributed by atoms with Crippen LogP contribution in [0.15, 0.2) is 16.7 Å². The first-order valence-electron chi connectivity index (χ1n) is 5.24. The fourth-order valence-electron chi connectivity index (χ4n) is 0.879. The van der Waals surface area contributed by atoms with Crippen molar-refractivity contribution in [2.75, 3.05) is 0 Å². The van der Waals surface area contributed by atoms with Crippen molar-refractivity contribution >= 4 is 5.57 Å². The van der Waals surface area contributed by atoms with E-state index in [4.69, 9.17) is 4.42 Å². The first-order chi connectivity index (χ1) is 6.65. The maximum Gasteiger partial charge on any atom is 0.197 e. The minimum absolute atomic E-state index is 0.364. The molecule has 1 aromatic rings. The van der Waals surface area contributed by atoms with E-state index in [1.54, 1.807) is 6.20 Å². The van der Waals surface area contributed by atoms with Crippen LogP contribution in [0.1, 0.15) is 59.1 Å². The number of hydrogen-bond acceptors (Lipinski definition) is 2. The second kappa shape index (κ2) is 6.41.